The molecule has 2 heteroatoms. The van der Waals surface area contributed by atoms with Crippen LogP contribution in [-0.4, -0.2) is 30.1 Å². The van der Waals surface area contributed by atoms with E-state index in [9.17, 15) is 0 Å². The Morgan fingerprint density at radius 3 is 2.71 bits per heavy atom. The van der Waals surface area contributed by atoms with Crippen molar-refractivity contribution in [2.24, 2.45) is 0 Å². The van der Waals surface area contributed by atoms with Gasteiger partial charge < -0.3 is 9.47 Å². The second-order valence-corrected chi connectivity index (χ2v) is 4.87. The van der Waals surface area contributed by atoms with Gasteiger partial charge >= 0.3 is 0 Å². The molecule has 0 radical (unpaired) electrons. The van der Waals surface area contributed by atoms with Gasteiger partial charge in [0.1, 0.15) is 0 Å². The lowest BCUT2D eigenvalue weighted by molar-refractivity contribution is 0.388. The fraction of sp³-hybridized carbons (Fsp3) is 0.467. The third-order valence-corrected chi connectivity index (χ3v) is 3.26. The van der Waals surface area contributed by atoms with Gasteiger partial charge in [-0.2, -0.15) is 0 Å². The summed E-state index contributed by atoms with van der Waals surface area (Å²) >= 11 is 0. The zero-order valence-electron chi connectivity index (χ0n) is 11.1. The summed E-state index contributed by atoms with van der Waals surface area (Å²) in [5, 5.41) is 1.37. The van der Waals surface area contributed by atoms with Gasteiger partial charge in [-0.3, -0.25) is 0 Å². The lowest BCUT2D eigenvalue weighted by Gasteiger charge is -2.12. The molecule has 2 aromatic rings. The lowest BCUT2D eigenvalue weighted by Crippen LogP contribution is -2.14. The van der Waals surface area contributed by atoms with Gasteiger partial charge in [-0.15, -0.1) is 0 Å². The van der Waals surface area contributed by atoms with Crippen LogP contribution in [0.25, 0.3) is 10.9 Å². The quantitative estimate of drug-likeness (QED) is 0.766. The molecular weight excluding hydrogens is 208 g/mol. The van der Waals surface area contributed by atoms with Crippen LogP contribution in [0.4, 0.5) is 0 Å². The minimum absolute atomic E-state index is 1.11. The normalized spacial score (nSPS) is 11.5. The number of para-hydroxylation sites is 1. The van der Waals surface area contributed by atoms with Crippen molar-refractivity contribution in [3.05, 3.63) is 36.0 Å². The van der Waals surface area contributed by atoms with E-state index in [2.05, 4.69) is 60.9 Å². The maximum atomic E-state index is 2.40. The van der Waals surface area contributed by atoms with Crippen molar-refractivity contribution < 1.29 is 0 Å². The summed E-state index contributed by atoms with van der Waals surface area (Å²) in [7, 11) is 4.26. The van der Waals surface area contributed by atoms with E-state index in [0.29, 0.717) is 0 Å². The van der Waals surface area contributed by atoms with E-state index in [1.165, 1.54) is 22.9 Å². The molecule has 0 bridgehead atoms. The maximum Gasteiger partial charge on any atom is 0.0512 e. The molecule has 1 aromatic heterocycles. The second-order valence-electron chi connectivity index (χ2n) is 4.87. The number of nitrogens with zero attached hydrogens (tertiary/aromatic N) is 2. The van der Waals surface area contributed by atoms with Gasteiger partial charge in [-0.1, -0.05) is 25.1 Å². The summed E-state index contributed by atoms with van der Waals surface area (Å²) in [6.45, 7) is 4.48. The standard InChI is InChI=1S/C15H22N2/c1-4-13-7-5-8-14-9-12-17(15(13)14)11-6-10-16(2)3/h5,7-9,12H,4,6,10-11H2,1-3H3. The highest BCUT2D eigenvalue weighted by atomic mass is 15.1. The molecule has 0 aliphatic rings. The number of hydrogen-bond acceptors (Lipinski definition) is 1. The molecule has 0 fully saturated rings. The molecule has 0 atom stereocenters. The monoisotopic (exact) mass is 230 g/mol. The Labute approximate surface area is 104 Å². The van der Waals surface area contributed by atoms with Crippen molar-refractivity contribution in [3.8, 4) is 0 Å². The van der Waals surface area contributed by atoms with E-state index in [1.807, 2.05) is 0 Å². The Bertz CT molecular complexity index is 483. The summed E-state index contributed by atoms with van der Waals surface area (Å²) in [6.07, 6.45) is 4.53. The second kappa shape index (κ2) is 5.37. The first kappa shape index (κ1) is 12.2. The molecule has 2 rings (SSSR count). The van der Waals surface area contributed by atoms with Crippen LogP contribution in [0.1, 0.15) is 18.9 Å². The van der Waals surface area contributed by atoms with Crippen LogP contribution in [0, 0.1) is 0 Å². The van der Waals surface area contributed by atoms with Crippen molar-refractivity contribution >= 4 is 10.9 Å². The molecule has 0 amide bonds. The van der Waals surface area contributed by atoms with E-state index in [-0.39, 0.29) is 0 Å². The predicted molar refractivity (Wildman–Crippen MR) is 74.5 cm³/mol. The predicted octanol–water partition coefficient (Wildman–Crippen LogP) is 3.16. The molecule has 2 nitrogen and oxygen atoms in total. The summed E-state index contributed by atoms with van der Waals surface area (Å²) in [5.74, 6) is 0. The van der Waals surface area contributed by atoms with Crippen molar-refractivity contribution in [1.29, 1.82) is 0 Å². The van der Waals surface area contributed by atoms with E-state index in [1.54, 1.807) is 0 Å². The van der Waals surface area contributed by atoms with E-state index in [0.717, 1.165) is 19.5 Å². The van der Waals surface area contributed by atoms with Gasteiger partial charge in [0.05, 0.1) is 5.52 Å². The van der Waals surface area contributed by atoms with Crippen LogP contribution >= 0.6 is 0 Å². The van der Waals surface area contributed by atoms with Gasteiger partial charge in [0.2, 0.25) is 0 Å². The Hall–Kier alpha value is -1.28. The molecular formula is C15H22N2. The molecule has 0 spiro atoms. The first-order valence-corrected chi connectivity index (χ1v) is 6.44. The molecule has 92 valence electrons. The van der Waals surface area contributed by atoms with Crippen LogP contribution in [0.3, 0.4) is 0 Å². The Balaban J connectivity index is 2.22. The Kier molecular flexibility index (Phi) is 3.85. The van der Waals surface area contributed by atoms with E-state index >= 15 is 0 Å². The van der Waals surface area contributed by atoms with Crippen molar-refractivity contribution in [3.63, 3.8) is 0 Å². The van der Waals surface area contributed by atoms with Gasteiger partial charge in [0.15, 0.2) is 0 Å². The Morgan fingerprint density at radius 1 is 1.18 bits per heavy atom. The van der Waals surface area contributed by atoms with E-state index in [4.69, 9.17) is 0 Å². The third kappa shape index (κ3) is 2.70. The smallest absolute Gasteiger partial charge is 0.0512 e. The molecule has 0 saturated carbocycles. The first-order valence-electron chi connectivity index (χ1n) is 6.44. The lowest BCUT2D eigenvalue weighted by atomic mass is 10.1. The minimum atomic E-state index is 1.11. The summed E-state index contributed by atoms with van der Waals surface area (Å²) in [6, 6.07) is 8.83. The summed E-state index contributed by atoms with van der Waals surface area (Å²) in [5.41, 5.74) is 2.88. The molecule has 0 N–H and O–H groups in total. The average Bonchev–Trinajstić information content (AvgIpc) is 2.72. The van der Waals surface area contributed by atoms with Crippen LogP contribution in [0.15, 0.2) is 30.5 Å². The topological polar surface area (TPSA) is 8.17 Å². The van der Waals surface area contributed by atoms with Crippen molar-refractivity contribution in [1.82, 2.24) is 9.47 Å². The van der Waals surface area contributed by atoms with Crippen LogP contribution < -0.4 is 0 Å². The van der Waals surface area contributed by atoms with Gasteiger partial charge in [0.25, 0.3) is 0 Å². The molecule has 1 aromatic carbocycles. The van der Waals surface area contributed by atoms with Crippen molar-refractivity contribution in [2.75, 3.05) is 20.6 Å². The highest BCUT2D eigenvalue weighted by Crippen LogP contribution is 2.21. The van der Waals surface area contributed by atoms with Gasteiger partial charge in [-0.05, 0) is 50.5 Å². The van der Waals surface area contributed by atoms with Crippen molar-refractivity contribution in [2.45, 2.75) is 26.3 Å². The maximum absolute atomic E-state index is 2.40. The molecule has 0 aliphatic heterocycles. The number of rotatable bonds is 5. The molecule has 1 heterocycles. The zero-order valence-corrected chi connectivity index (χ0v) is 11.1. The average molecular weight is 230 g/mol. The van der Waals surface area contributed by atoms with Gasteiger partial charge in [-0.25, -0.2) is 0 Å². The fourth-order valence-corrected chi connectivity index (χ4v) is 2.37. The fourth-order valence-electron chi connectivity index (χ4n) is 2.37. The first-order chi connectivity index (χ1) is 8.22. The molecule has 17 heavy (non-hydrogen) atoms. The largest absolute Gasteiger partial charge is 0.347 e. The summed E-state index contributed by atoms with van der Waals surface area (Å²) < 4.78 is 2.40. The Morgan fingerprint density at radius 2 is 2.00 bits per heavy atom. The number of aryl methyl sites for hydroxylation is 2. The third-order valence-electron chi connectivity index (χ3n) is 3.26. The van der Waals surface area contributed by atoms with E-state index < -0.39 is 0 Å². The number of hydrogen-bond donors (Lipinski definition) is 0. The van der Waals surface area contributed by atoms with Crippen LogP contribution in [0.5, 0.6) is 0 Å². The van der Waals surface area contributed by atoms with Crippen LogP contribution in [-0.2, 0) is 13.0 Å². The minimum Gasteiger partial charge on any atom is -0.347 e. The van der Waals surface area contributed by atoms with Crippen LogP contribution in [0.2, 0.25) is 0 Å². The number of fused-ring (bicyclic) bond motifs is 1. The number of aromatic nitrogens is 1. The number of benzene rings is 1. The molecule has 0 saturated heterocycles. The highest BCUT2D eigenvalue weighted by Gasteiger charge is 2.04. The highest BCUT2D eigenvalue weighted by molar-refractivity contribution is 5.83. The summed E-state index contributed by atoms with van der Waals surface area (Å²) in [4.78, 5) is 2.24. The molecule has 0 unspecified atom stereocenters. The SMILES string of the molecule is CCc1cccc2ccn(CCCN(C)C)c12. The zero-order chi connectivity index (χ0) is 12.3. The van der Waals surface area contributed by atoms with Gasteiger partial charge in [0, 0.05) is 12.7 Å². The molecule has 0 aliphatic carbocycles.